The van der Waals surface area contributed by atoms with Crippen LogP contribution < -0.4 is 10.1 Å². The molecule has 0 spiro atoms. The third-order valence-corrected chi connectivity index (χ3v) is 5.21. The molecule has 2 heterocycles. The molecule has 1 saturated heterocycles. The molecule has 1 aliphatic heterocycles. The van der Waals surface area contributed by atoms with Gasteiger partial charge in [-0.3, -0.25) is 4.79 Å². The number of likely N-dealkylation sites (N-methyl/N-ethyl adjacent to an activating group) is 1. The van der Waals surface area contributed by atoms with Crippen LogP contribution in [0.5, 0.6) is 5.75 Å². The van der Waals surface area contributed by atoms with Crippen molar-refractivity contribution < 1.29 is 14.1 Å². The minimum absolute atomic E-state index is 0.0581. The maximum absolute atomic E-state index is 12.4. The summed E-state index contributed by atoms with van der Waals surface area (Å²) < 4.78 is 11.3. The van der Waals surface area contributed by atoms with Crippen LogP contribution in [0.4, 0.5) is 0 Å². The molecular formula is C21H30N4O3. The standard InChI is InChI=1S/C21H30N4O3/c1-14-10-17(21-23-18(24-28-21)12-16(3)22-4)11-15(2)20(14)27-13-19(26)25-8-6-5-7-9-25/h10-11,16,22H,5-9,12-13H2,1-4H3. The van der Waals surface area contributed by atoms with Crippen molar-refractivity contribution in [3.8, 4) is 17.2 Å². The predicted molar refractivity (Wildman–Crippen MR) is 107 cm³/mol. The van der Waals surface area contributed by atoms with Crippen LogP contribution in [0, 0.1) is 13.8 Å². The number of ether oxygens (including phenoxy) is 1. The lowest BCUT2D eigenvalue weighted by Gasteiger charge is -2.26. The molecule has 0 bridgehead atoms. The second kappa shape index (κ2) is 9.19. The Morgan fingerprint density at radius 2 is 1.93 bits per heavy atom. The number of rotatable bonds is 7. The number of aromatic nitrogens is 2. The fourth-order valence-corrected chi connectivity index (χ4v) is 3.50. The van der Waals surface area contributed by atoms with Crippen molar-refractivity contribution in [2.45, 2.75) is 52.5 Å². The zero-order chi connectivity index (χ0) is 20.1. The molecule has 1 aromatic heterocycles. The number of benzene rings is 1. The van der Waals surface area contributed by atoms with E-state index in [1.54, 1.807) is 0 Å². The Bertz CT molecular complexity index is 789. The summed E-state index contributed by atoms with van der Waals surface area (Å²) in [6.45, 7) is 7.76. The number of piperidine rings is 1. The number of hydrogen-bond acceptors (Lipinski definition) is 6. The van der Waals surface area contributed by atoms with Crippen LogP contribution in [0.2, 0.25) is 0 Å². The zero-order valence-corrected chi connectivity index (χ0v) is 17.2. The van der Waals surface area contributed by atoms with Crippen LogP contribution in [-0.4, -0.2) is 53.7 Å². The van der Waals surface area contributed by atoms with E-state index in [2.05, 4.69) is 22.4 Å². The smallest absolute Gasteiger partial charge is 0.260 e. The first kappa shape index (κ1) is 20.3. The second-order valence-electron chi connectivity index (χ2n) is 7.58. The van der Waals surface area contributed by atoms with Crippen molar-refractivity contribution in [2.75, 3.05) is 26.7 Å². The van der Waals surface area contributed by atoms with E-state index < -0.39 is 0 Å². The van der Waals surface area contributed by atoms with Crippen LogP contribution in [0.25, 0.3) is 11.5 Å². The van der Waals surface area contributed by atoms with Crippen LogP contribution in [0.3, 0.4) is 0 Å². The molecule has 3 rings (SSSR count). The van der Waals surface area contributed by atoms with Gasteiger partial charge in [0.05, 0.1) is 0 Å². The molecule has 2 aromatic rings. The number of hydrogen-bond donors (Lipinski definition) is 1. The number of carbonyl (C=O) groups excluding carboxylic acids is 1. The highest BCUT2D eigenvalue weighted by Gasteiger charge is 2.19. The summed E-state index contributed by atoms with van der Waals surface area (Å²) in [5.74, 6) is 1.99. The molecule has 0 aliphatic carbocycles. The van der Waals surface area contributed by atoms with E-state index in [-0.39, 0.29) is 18.6 Å². The molecule has 1 N–H and O–H groups in total. The molecule has 7 heteroatoms. The van der Waals surface area contributed by atoms with Crippen molar-refractivity contribution in [1.29, 1.82) is 0 Å². The van der Waals surface area contributed by atoms with Gasteiger partial charge in [0.25, 0.3) is 11.8 Å². The first-order chi connectivity index (χ1) is 13.5. The van der Waals surface area contributed by atoms with Gasteiger partial charge < -0.3 is 19.5 Å². The summed E-state index contributed by atoms with van der Waals surface area (Å²) in [5.41, 5.74) is 2.76. The Labute approximate surface area is 166 Å². The summed E-state index contributed by atoms with van der Waals surface area (Å²) in [6, 6.07) is 4.21. The number of aryl methyl sites for hydroxylation is 2. The van der Waals surface area contributed by atoms with Gasteiger partial charge >= 0.3 is 0 Å². The molecule has 152 valence electrons. The van der Waals surface area contributed by atoms with Gasteiger partial charge in [-0.05, 0) is 70.3 Å². The first-order valence-corrected chi connectivity index (χ1v) is 10.00. The van der Waals surface area contributed by atoms with Crippen LogP contribution >= 0.6 is 0 Å². The van der Waals surface area contributed by atoms with Gasteiger partial charge in [-0.15, -0.1) is 0 Å². The fraction of sp³-hybridized carbons (Fsp3) is 0.571. The van der Waals surface area contributed by atoms with Crippen LogP contribution in [-0.2, 0) is 11.2 Å². The Balaban J connectivity index is 1.68. The third kappa shape index (κ3) is 4.90. The molecule has 1 amide bonds. The monoisotopic (exact) mass is 386 g/mol. The SMILES string of the molecule is CNC(C)Cc1noc(-c2cc(C)c(OCC(=O)N3CCCCC3)c(C)c2)n1. The molecule has 0 radical (unpaired) electrons. The van der Waals surface area contributed by atoms with Crippen molar-refractivity contribution >= 4 is 5.91 Å². The lowest BCUT2D eigenvalue weighted by molar-refractivity contribution is -0.134. The largest absolute Gasteiger partial charge is 0.483 e. The van der Waals surface area contributed by atoms with Crippen molar-refractivity contribution in [1.82, 2.24) is 20.4 Å². The van der Waals surface area contributed by atoms with Gasteiger partial charge in [0, 0.05) is 31.1 Å². The minimum Gasteiger partial charge on any atom is -0.483 e. The molecule has 1 aromatic carbocycles. The summed E-state index contributed by atoms with van der Waals surface area (Å²) >= 11 is 0. The van der Waals surface area contributed by atoms with Gasteiger partial charge in [-0.25, -0.2) is 0 Å². The summed E-state index contributed by atoms with van der Waals surface area (Å²) in [7, 11) is 1.91. The van der Waals surface area contributed by atoms with E-state index in [4.69, 9.17) is 9.26 Å². The highest BCUT2D eigenvalue weighted by atomic mass is 16.5. The van der Waals surface area contributed by atoms with Gasteiger partial charge in [0.2, 0.25) is 0 Å². The highest BCUT2D eigenvalue weighted by Crippen LogP contribution is 2.29. The van der Waals surface area contributed by atoms with Crippen molar-refractivity contribution in [3.63, 3.8) is 0 Å². The number of carbonyl (C=O) groups is 1. The highest BCUT2D eigenvalue weighted by molar-refractivity contribution is 5.78. The molecule has 1 unspecified atom stereocenters. The van der Waals surface area contributed by atoms with Crippen molar-refractivity contribution in [2.24, 2.45) is 0 Å². The fourth-order valence-electron chi connectivity index (χ4n) is 3.50. The average Bonchev–Trinajstić information content (AvgIpc) is 3.16. The summed E-state index contributed by atoms with van der Waals surface area (Å²) in [6.07, 6.45) is 4.07. The quantitative estimate of drug-likeness (QED) is 0.788. The lowest BCUT2D eigenvalue weighted by atomic mass is 10.1. The average molecular weight is 386 g/mol. The Morgan fingerprint density at radius 3 is 2.57 bits per heavy atom. The Morgan fingerprint density at radius 1 is 1.25 bits per heavy atom. The van der Waals surface area contributed by atoms with E-state index in [0.717, 1.165) is 48.4 Å². The number of nitrogens with zero attached hydrogens (tertiary/aromatic N) is 3. The molecule has 7 nitrogen and oxygen atoms in total. The second-order valence-corrected chi connectivity index (χ2v) is 7.58. The van der Waals surface area contributed by atoms with E-state index in [1.807, 2.05) is 37.9 Å². The molecule has 1 aliphatic rings. The van der Waals surface area contributed by atoms with Crippen molar-refractivity contribution in [3.05, 3.63) is 29.1 Å². The van der Waals surface area contributed by atoms with Gasteiger partial charge in [-0.2, -0.15) is 4.98 Å². The summed E-state index contributed by atoms with van der Waals surface area (Å²) in [5, 5.41) is 7.23. The number of amides is 1. The molecule has 0 saturated carbocycles. The molecular weight excluding hydrogens is 356 g/mol. The van der Waals surface area contributed by atoms with Crippen LogP contribution in [0.1, 0.15) is 43.1 Å². The minimum atomic E-state index is 0.0581. The van der Waals surface area contributed by atoms with Gasteiger partial charge in [0.15, 0.2) is 12.4 Å². The number of likely N-dealkylation sites (tertiary alicyclic amines) is 1. The maximum atomic E-state index is 12.4. The van der Waals surface area contributed by atoms with Crippen LogP contribution in [0.15, 0.2) is 16.7 Å². The molecule has 28 heavy (non-hydrogen) atoms. The van der Waals surface area contributed by atoms with Gasteiger partial charge in [-0.1, -0.05) is 5.16 Å². The predicted octanol–water partition coefficient (Wildman–Crippen LogP) is 2.90. The number of nitrogens with one attached hydrogen (secondary N) is 1. The van der Waals surface area contributed by atoms with E-state index in [1.165, 1.54) is 6.42 Å². The Kier molecular flexibility index (Phi) is 6.67. The first-order valence-electron chi connectivity index (χ1n) is 10.00. The lowest BCUT2D eigenvalue weighted by Crippen LogP contribution is -2.38. The molecule has 1 atom stereocenters. The molecule has 1 fully saturated rings. The topological polar surface area (TPSA) is 80.5 Å². The normalized spacial score (nSPS) is 15.5. The third-order valence-electron chi connectivity index (χ3n) is 5.21. The van der Waals surface area contributed by atoms with E-state index in [0.29, 0.717) is 18.1 Å². The maximum Gasteiger partial charge on any atom is 0.260 e. The van der Waals surface area contributed by atoms with Gasteiger partial charge in [0.1, 0.15) is 5.75 Å². The van der Waals surface area contributed by atoms with E-state index in [9.17, 15) is 4.79 Å². The van der Waals surface area contributed by atoms with E-state index >= 15 is 0 Å². The summed E-state index contributed by atoms with van der Waals surface area (Å²) in [4.78, 5) is 18.8. The zero-order valence-electron chi connectivity index (χ0n) is 17.2. The Hall–Kier alpha value is -2.41.